The molecule has 1 N–H and O–H groups in total. The number of alkyl halides is 3. The first kappa shape index (κ1) is 24.1. The van der Waals surface area contributed by atoms with E-state index in [1.54, 1.807) is 32.5 Å². The Labute approximate surface area is 201 Å². The van der Waals surface area contributed by atoms with Crippen LogP contribution in [0.4, 0.5) is 24.7 Å². The molecule has 4 aromatic rings. The minimum absolute atomic E-state index is 0.249. The van der Waals surface area contributed by atoms with Gasteiger partial charge in [-0.25, -0.2) is 15.0 Å². The molecule has 0 aliphatic rings. The second kappa shape index (κ2) is 9.65. The van der Waals surface area contributed by atoms with Gasteiger partial charge in [0, 0.05) is 50.7 Å². The summed E-state index contributed by atoms with van der Waals surface area (Å²) in [6.45, 7) is 0.427. The van der Waals surface area contributed by atoms with E-state index in [4.69, 9.17) is 4.74 Å². The monoisotopic (exact) mass is 482 g/mol. The molecule has 2 aromatic carbocycles. The van der Waals surface area contributed by atoms with E-state index in [2.05, 4.69) is 20.3 Å². The fourth-order valence-corrected chi connectivity index (χ4v) is 3.66. The van der Waals surface area contributed by atoms with Crippen LogP contribution >= 0.6 is 0 Å². The molecule has 0 amide bonds. The Hall–Kier alpha value is -4.08. The Morgan fingerprint density at radius 2 is 1.74 bits per heavy atom. The first-order valence-corrected chi connectivity index (χ1v) is 10.8. The minimum atomic E-state index is -4.48. The second-order valence-electron chi connectivity index (χ2n) is 8.13. The van der Waals surface area contributed by atoms with E-state index >= 15 is 0 Å². The van der Waals surface area contributed by atoms with E-state index in [9.17, 15) is 13.2 Å². The van der Waals surface area contributed by atoms with Crippen molar-refractivity contribution in [1.29, 1.82) is 0 Å². The molecule has 35 heavy (non-hydrogen) atoms. The molecule has 4 rings (SSSR count). The number of hydrogen-bond acceptors (Lipinski definition) is 6. The molecule has 0 aliphatic carbocycles. The minimum Gasteiger partial charge on any atom is -0.491 e. The average molecular weight is 483 g/mol. The third kappa shape index (κ3) is 5.21. The standard InChI is InChI=1S/C25H25F3N6O/c1-33(2)19-8-6-5-7-18(19)22-30-14-20(35-4)23(32-22)29-13-16-9-11-17(12-10-16)24-31-21(15-34(24)3)25(26,27)28/h5-12,14-15H,13H2,1-4H3,(H,29,30,32). The van der Waals surface area contributed by atoms with Crippen molar-refractivity contribution in [2.24, 2.45) is 7.05 Å². The summed E-state index contributed by atoms with van der Waals surface area (Å²) in [5.74, 6) is 1.84. The highest BCUT2D eigenvalue weighted by Gasteiger charge is 2.34. The van der Waals surface area contributed by atoms with Crippen molar-refractivity contribution < 1.29 is 17.9 Å². The quantitative estimate of drug-likeness (QED) is 0.388. The number of aromatic nitrogens is 4. The third-order valence-electron chi connectivity index (χ3n) is 5.44. The summed E-state index contributed by atoms with van der Waals surface area (Å²) < 4.78 is 45.7. The van der Waals surface area contributed by atoms with Gasteiger partial charge in [0.2, 0.25) is 0 Å². The summed E-state index contributed by atoms with van der Waals surface area (Å²) in [6, 6.07) is 15.0. The Morgan fingerprint density at radius 3 is 2.37 bits per heavy atom. The molecule has 0 saturated heterocycles. The van der Waals surface area contributed by atoms with Crippen LogP contribution in [0.2, 0.25) is 0 Å². The van der Waals surface area contributed by atoms with Gasteiger partial charge >= 0.3 is 6.18 Å². The molecule has 0 atom stereocenters. The normalized spacial score (nSPS) is 11.4. The predicted molar refractivity (Wildman–Crippen MR) is 129 cm³/mol. The lowest BCUT2D eigenvalue weighted by Crippen LogP contribution is -2.11. The molecule has 0 saturated carbocycles. The summed E-state index contributed by atoms with van der Waals surface area (Å²) in [6.07, 6.45) is -1.87. The largest absolute Gasteiger partial charge is 0.491 e. The predicted octanol–water partition coefficient (Wildman–Crippen LogP) is 5.25. The molecule has 0 radical (unpaired) electrons. The van der Waals surface area contributed by atoms with Gasteiger partial charge in [0.1, 0.15) is 5.82 Å². The molecule has 0 bridgehead atoms. The number of rotatable bonds is 7. The molecule has 0 aliphatic heterocycles. The molecule has 0 spiro atoms. The van der Waals surface area contributed by atoms with Crippen LogP contribution in [0.3, 0.4) is 0 Å². The molecule has 2 heterocycles. The SMILES string of the molecule is COc1cnc(-c2ccccc2N(C)C)nc1NCc1ccc(-c2nc(C(F)(F)F)cn2C)cc1. The second-order valence-corrected chi connectivity index (χ2v) is 8.13. The van der Waals surface area contributed by atoms with E-state index in [0.29, 0.717) is 29.5 Å². The fraction of sp³-hybridized carbons (Fsp3) is 0.240. The molecule has 0 fully saturated rings. The number of benzene rings is 2. The van der Waals surface area contributed by atoms with E-state index in [1.165, 1.54) is 4.57 Å². The lowest BCUT2D eigenvalue weighted by molar-refractivity contribution is -0.140. The number of nitrogens with one attached hydrogen (secondary N) is 1. The van der Waals surface area contributed by atoms with Crippen LogP contribution in [-0.4, -0.2) is 40.7 Å². The van der Waals surface area contributed by atoms with Crippen molar-refractivity contribution in [3.8, 4) is 28.5 Å². The molecule has 10 heteroatoms. The number of hydrogen-bond donors (Lipinski definition) is 1. The zero-order chi connectivity index (χ0) is 25.2. The maximum Gasteiger partial charge on any atom is 0.434 e. The van der Waals surface area contributed by atoms with Crippen LogP contribution in [0.5, 0.6) is 5.75 Å². The Kier molecular flexibility index (Phi) is 6.63. The highest BCUT2D eigenvalue weighted by atomic mass is 19.4. The lowest BCUT2D eigenvalue weighted by Gasteiger charge is -2.17. The smallest absolute Gasteiger partial charge is 0.434 e. The van der Waals surface area contributed by atoms with Crippen molar-refractivity contribution in [2.45, 2.75) is 12.7 Å². The van der Waals surface area contributed by atoms with Crippen LogP contribution in [0.15, 0.2) is 60.9 Å². The van der Waals surface area contributed by atoms with Crippen molar-refractivity contribution >= 4 is 11.5 Å². The Bertz CT molecular complexity index is 1320. The zero-order valence-corrected chi connectivity index (χ0v) is 19.8. The number of ether oxygens (including phenoxy) is 1. The van der Waals surface area contributed by atoms with Crippen molar-refractivity contribution in [2.75, 3.05) is 31.4 Å². The molecule has 0 unspecified atom stereocenters. The van der Waals surface area contributed by atoms with Crippen LogP contribution in [0, 0.1) is 0 Å². The van der Waals surface area contributed by atoms with Gasteiger partial charge in [-0.1, -0.05) is 36.4 Å². The number of imidazole rings is 1. The Morgan fingerprint density at radius 1 is 1.03 bits per heavy atom. The van der Waals surface area contributed by atoms with Crippen molar-refractivity contribution in [1.82, 2.24) is 19.5 Å². The topological polar surface area (TPSA) is 68.1 Å². The fourth-order valence-electron chi connectivity index (χ4n) is 3.66. The van der Waals surface area contributed by atoms with E-state index in [-0.39, 0.29) is 5.82 Å². The van der Waals surface area contributed by atoms with E-state index < -0.39 is 11.9 Å². The van der Waals surface area contributed by atoms with Crippen LogP contribution in [-0.2, 0) is 19.8 Å². The molecular formula is C25H25F3N6O. The summed E-state index contributed by atoms with van der Waals surface area (Å²) in [5, 5.41) is 3.27. The lowest BCUT2D eigenvalue weighted by atomic mass is 10.1. The number of aryl methyl sites for hydroxylation is 1. The number of para-hydroxylation sites is 1. The Balaban J connectivity index is 1.54. The van der Waals surface area contributed by atoms with Gasteiger partial charge in [-0.05, 0) is 17.7 Å². The summed E-state index contributed by atoms with van der Waals surface area (Å²) in [4.78, 5) is 14.9. The number of anilines is 2. The first-order chi connectivity index (χ1) is 16.7. The third-order valence-corrected chi connectivity index (χ3v) is 5.44. The highest BCUT2D eigenvalue weighted by molar-refractivity contribution is 5.75. The van der Waals surface area contributed by atoms with Gasteiger partial charge in [-0.3, -0.25) is 0 Å². The van der Waals surface area contributed by atoms with E-state index in [1.807, 2.05) is 55.4 Å². The molecular weight excluding hydrogens is 457 g/mol. The number of methoxy groups -OCH3 is 1. The van der Waals surface area contributed by atoms with Crippen molar-refractivity contribution in [3.63, 3.8) is 0 Å². The van der Waals surface area contributed by atoms with Gasteiger partial charge in [0.25, 0.3) is 0 Å². The summed E-state index contributed by atoms with van der Waals surface area (Å²) >= 11 is 0. The van der Waals surface area contributed by atoms with Gasteiger partial charge in [-0.15, -0.1) is 0 Å². The van der Waals surface area contributed by atoms with Crippen molar-refractivity contribution in [3.05, 3.63) is 72.2 Å². The molecule has 2 aromatic heterocycles. The maximum atomic E-state index is 13.0. The van der Waals surface area contributed by atoms with Gasteiger partial charge < -0.3 is 19.5 Å². The first-order valence-electron chi connectivity index (χ1n) is 10.8. The van der Waals surface area contributed by atoms with Gasteiger partial charge in [0.15, 0.2) is 23.1 Å². The summed E-state index contributed by atoms with van der Waals surface area (Å²) in [5.41, 5.74) is 2.47. The highest BCUT2D eigenvalue weighted by Crippen LogP contribution is 2.32. The van der Waals surface area contributed by atoms with E-state index in [0.717, 1.165) is 23.0 Å². The summed E-state index contributed by atoms with van der Waals surface area (Å²) in [7, 11) is 7.01. The molecule has 7 nitrogen and oxygen atoms in total. The van der Waals surface area contributed by atoms with Crippen LogP contribution in [0.25, 0.3) is 22.8 Å². The van der Waals surface area contributed by atoms with Gasteiger partial charge in [0.05, 0.1) is 13.3 Å². The zero-order valence-electron chi connectivity index (χ0n) is 19.8. The van der Waals surface area contributed by atoms with Crippen LogP contribution in [0.1, 0.15) is 11.3 Å². The average Bonchev–Trinajstić information content (AvgIpc) is 3.25. The van der Waals surface area contributed by atoms with Crippen LogP contribution < -0.4 is 15.0 Å². The number of halogens is 3. The molecule has 182 valence electrons. The number of nitrogens with zero attached hydrogens (tertiary/aromatic N) is 5. The maximum absolute atomic E-state index is 13.0. The van der Waals surface area contributed by atoms with Gasteiger partial charge in [-0.2, -0.15) is 13.2 Å².